The highest BCUT2D eigenvalue weighted by Crippen LogP contribution is 2.57. The maximum atomic E-state index is 2.54. The van der Waals surface area contributed by atoms with Crippen LogP contribution in [0, 0.1) is 0 Å². The molecule has 1 aliphatic heterocycles. The van der Waals surface area contributed by atoms with Gasteiger partial charge in [-0.25, -0.2) is 0 Å². The van der Waals surface area contributed by atoms with Gasteiger partial charge in [-0.3, -0.25) is 0 Å². The highest BCUT2D eigenvalue weighted by molar-refractivity contribution is 6.09. The minimum absolute atomic E-state index is 0.250. The zero-order valence-corrected chi connectivity index (χ0v) is 31.0. The molecule has 0 fully saturated rings. The van der Waals surface area contributed by atoms with Crippen LogP contribution in [0.15, 0.2) is 206 Å². The van der Waals surface area contributed by atoms with Gasteiger partial charge in [-0.2, -0.15) is 0 Å². The quantitative estimate of drug-likeness (QED) is 0.170. The number of anilines is 6. The molecule has 0 atom stereocenters. The van der Waals surface area contributed by atoms with E-state index < -0.39 is 0 Å². The van der Waals surface area contributed by atoms with Crippen molar-refractivity contribution in [3.05, 3.63) is 217 Å². The van der Waals surface area contributed by atoms with Crippen molar-refractivity contribution in [1.29, 1.82) is 0 Å². The van der Waals surface area contributed by atoms with E-state index in [1.54, 1.807) is 0 Å². The van der Waals surface area contributed by atoms with E-state index in [1.165, 1.54) is 66.3 Å². The van der Waals surface area contributed by atoms with Crippen molar-refractivity contribution in [2.75, 3.05) is 9.80 Å². The smallest absolute Gasteiger partial charge is 0.0781 e. The van der Waals surface area contributed by atoms with Crippen molar-refractivity contribution in [2.45, 2.75) is 19.3 Å². The van der Waals surface area contributed by atoms with Crippen LogP contribution in [0.3, 0.4) is 0 Å². The van der Waals surface area contributed by atoms with E-state index in [0.717, 1.165) is 22.7 Å². The number of benzene rings is 9. The van der Waals surface area contributed by atoms with Crippen LogP contribution in [0.4, 0.5) is 34.1 Å². The Morgan fingerprint density at radius 2 is 0.964 bits per heavy atom. The van der Waals surface area contributed by atoms with Gasteiger partial charge in [0.05, 0.1) is 22.7 Å². The van der Waals surface area contributed by atoms with Gasteiger partial charge in [0.2, 0.25) is 0 Å². The Morgan fingerprint density at radius 3 is 1.75 bits per heavy atom. The van der Waals surface area contributed by atoms with E-state index in [2.05, 4.69) is 230 Å². The van der Waals surface area contributed by atoms with Crippen molar-refractivity contribution in [3.8, 4) is 22.3 Å². The lowest BCUT2D eigenvalue weighted by molar-refractivity contribution is 0.632. The third-order valence-electron chi connectivity index (χ3n) is 11.4. The van der Waals surface area contributed by atoms with E-state index in [1.807, 2.05) is 0 Å². The van der Waals surface area contributed by atoms with Crippen LogP contribution in [-0.4, -0.2) is 0 Å². The lowest BCUT2D eigenvalue weighted by atomic mass is 9.72. The second-order valence-electron chi connectivity index (χ2n) is 15.0. The summed E-state index contributed by atoms with van der Waals surface area (Å²) in [5.74, 6) is 0. The number of hydrogen-bond donors (Lipinski definition) is 0. The summed E-state index contributed by atoms with van der Waals surface area (Å²) in [5.41, 5.74) is 14.1. The normalized spacial score (nSPS) is 13.0. The van der Waals surface area contributed by atoms with Crippen LogP contribution >= 0.6 is 0 Å². The summed E-state index contributed by atoms with van der Waals surface area (Å²) >= 11 is 0. The van der Waals surface area contributed by atoms with Crippen molar-refractivity contribution >= 4 is 55.7 Å². The van der Waals surface area contributed by atoms with Crippen molar-refractivity contribution in [3.63, 3.8) is 0 Å². The van der Waals surface area contributed by atoms with E-state index in [9.17, 15) is 0 Å². The molecular formula is C53H40N2. The summed E-state index contributed by atoms with van der Waals surface area (Å²) in [7, 11) is 0. The molecular weight excluding hydrogens is 665 g/mol. The molecule has 262 valence electrons. The van der Waals surface area contributed by atoms with Crippen molar-refractivity contribution in [1.82, 2.24) is 0 Å². The van der Waals surface area contributed by atoms with Crippen LogP contribution in [0.1, 0.15) is 25.0 Å². The maximum Gasteiger partial charge on any atom is 0.0781 e. The van der Waals surface area contributed by atoms with Crippen molar-refractivity contribution in [2.24, 2.45) is 0 Å². The minimum Gasteiger partial charge on any atom is -0.308 e. The van der Waals surface area contributed by atoms with Gasteiger partial charge in [0, 0.05) is 22.2 Å². The topological polar surface area (TPSA) is 6.48 Å². The highest BCUT2D eigenvalue weighted by Gasteiger charge is 2.39. The molecule has 0 bridgehead atoms. The molecule has 0 aromatic heterocycles. The Balaban J connectivity index is 1.24. The summed E-state index contributed by atoms with van der Waals surface area (Å²) in [6, 6.07) is 75.2. The summed E-state index contributed by atoms with van der Waals surface area (Å²) in [4.78, 5) is 4.96. The predicted octanol–water partition coefficient (Wildman–Crippen LogP) is 14.9. The largest absolute Gasteiger partial charge is 0.308 e. The van der Waals surface area contributed by atoms with Gasteiger partial charge in [-0.1, -0.05) is 172 Å². The van der Waals surface area contributed by atoms with E-state index >= 15 is 0 Å². The molecule has 0 radical (unpaired) electrons. The first kappa shape index (κ1) is 32.7. The Morgan fingerprint density at radius 1 is 0.400 bits per heavy atom. The van der Waals surface area contributed by atoms with Gasteiger partial charge < -0.3 is 9.80 Å². The molecule has 9 aromatic carbocycles. The minimum atomic E-state index is -0.250. The summed E-state index contributed by atoms with van der Waals surface area (Å²) in [6.07, 6.45) is 0. The summed E-state index contributed by atoms with van der Waals surface area (Å²) in [5, 5.41) is 4.91. The van der Waals surface area contributed by atoms with Gasteiger partial charge in [0.25, 0.3) is 0 Å². The average molecular weight is 705 g/mol. The van der Waals surface area contributed by atoms with Crippen LogP contribution in [-0.2, 0) is 5.41 Å². The molecule has 10 rings (SSSR count). The first-order valence-corrected chi connectivity index (χ1v) is 19.1. The summed E-state index contributed by atoms with van der Waals surface area (Å²) < 4.78 is 0. The highest BCUT2D eigenvalue weighted by atomic mass is 15.2. The second-order valence-corrected chi connectivity index (χ2v) is 15.0. The molecule has 0 amide bonds. The van der Waals surface area contributed by atoms with E-state index in [-0.39, 0.29) is 5.41 Å². The van der Waals surface area contributed by atoms with Gasteiger partial charge >= 0.3 is 0 Å². The Labute approximate surface area is 323 Å². The molecule has 55 heavy (non-hydrogen) atoms. The average Bonchev–Trinajstić information content (AvgIpc) is 3.25. The molecule has 2 nitrogen and oxygen atoms in total. The monoisotopic (exact) mass is 704 g/mol. The SMILES string of the molecule is CC1(C)c2ccccc2N(c2c(N(c3ccccc3)c3ccc(-c4ccccc4)cc3)ccc3ccccc23)c2ccc(-c3cccc4ccccc34)cc21. The molecule has 0 N–H and O–H groups in total. The van der Waals surface area contributed by atoms with E-state index in [4.69, 9.17) is 0 Å². The molecule has 0 saturated heterocycles. The van der Waals surface area contributed by atoms with Crippen LogP contribution in [0.25, 0.3) is 43.8 Å². The molecule has 1 heterocycles. The standard InChI is InChI=1S/C53H40N2/c1-53(2)47-26-13-14-27-49(47)55(50-34-31-41(36-48(50)53)45-25-15-20-39-18-9-11-23-44(39)45)52-46-24-12-10-19-40(46)30-35-51(52)54(42-21-7-4-8-22-42)43-32-28-38(29-33-43)37-16-5-3-6-17-37/h3-36H,1-2H3. The third kappa shape index (κ3) is 5.49. The first-order chi connectivity index (χ1) is 27.1. The molecule has 0 unspecified atom stereocenters. The molecule has 1 aliphatic rings. The van der Waals surface area contributed by atoms with Crippen molar-refractivity contribution < 1.29 is 0 Å². The number of rotatable bonds is 6. The maximum absolute atomic E-state index is 2.54. The van der Waals surface area contributed by atoms with Gasteiger partial charge in [0.15, 0.2) is 0 Å². The van der Waals surface area contributed by atoms with Gasteiger partial charge in [-0.05, 0) is 98.1 Å². The fourth-order valence-corrected chi connectivity index (χ4v) is 8.69. The number of para-hydroxylation sites is 2. The Kier molecular flexibility index (Phi) is 7.85. The molecule has 9 aromatic rings. The van der Waals surface area contributed by atoms with Crippen LogP contribution < -0.4 is 9.80 Å². The Bertz CT molecular complexity index is 2830. The number of hydrogen-bond acceptors (Lipinski definition) is 2. The zero-order chi connectivity index (χ0) is 36.9. The lowest BCUT2D eigenvalue weighted by Gasteiger charge is -2.44. The zero-order valence-electron chi connectivity index (χ0n) is 31.0. The van der Waals surface area contributed by atoms with Crippen LogP contribution in [0.5, 0.6) is 0 Å². The first-order valence-electron chi connectivity index (χ1n) is 19.1. The third-order valence-corrected chi connectivity index (χ3v) is 11.4. The lowest BCUT2D eigenvalue weighted by Crippen LogP contribution is -2.31. The molecule has 0 saturated carbocycles. The fraction of sp³-hybridized carbons (Fsp3) is 0.0566. The van der Waals surface area contributed by atoms with Gasteiger partial charge in [0.1, 0.15) is 0 Å². The number of fused-ring (bicyclic) bond motifs is 4. The molecule has 0 spiro atoms. The predicted molar refractivity (Wildman–Crippen MR) is 234 cm³/mol. The second kappa shape index (κ2) is 13.2. The van der Waals surface area contributed by atoms with Gasteiger partial charge in [-0.15, -0.1) is 0 Å². The Hall–Kier alpha value is -6.90. The van der Waals surface area contributed by atoms with Crippen LogP contribution in [0.2, 0.25) is 0 Å². The summed E-state index contributed by atoms with van der Waals surface area (Å²) in [6.45, 7) is 4.76. The molecule has 2 heteroatoms. The molecule has 0 aliphatic carbocycles. The van der Waals surface area contributed by atoms with E-state index in [0.29, 0.717) is 0 Å². The number of nitrogens with zero attached hydrogens (tertiary/aromatic N) is 2. The fourth-order valence-electron chi connectivity index (χ4n) is 8.69.